The van der Waals surface area contributed by atoms with Crippen LogP contribution in [-0.2, 0) is 10.0 Å². The molecular formula is C17H16F4N2O3S. The lowest BCUT2D eigenvalue weighted by atomic mass is 10.1. The van der Waals surface area contributed by atoms with Gasteiger partial charge in [0, 0.05) is 5.56 Å². The molecule has 0 fully saturated rings. The summed E-state index contributed by atoms with van der Waals surface area (Å²) < 4.78 is 75.3. The number of alkyl halides is 3. The predicted molar refractivity (Wildman–Crippen MR) is 90.0 cm³/mol. The summed E-state index contributed by atoms with van der Waals surface area (Å²) in [7, 11) is -4.44. The van der Waals surface area contributed by atoms with Gasteiger partial charge in [-0.2, -0.15) is 13.2 Å². The fourth-order valence-electron chi connectivity index (χ4n) is 2.20. The molecule has 0 radical (unpaired) electrons. The summed E-state index contributed by atoms with van der Waals surface area (Å²) in [4.78, 5) is 11.8. The highest BCUT2D eigenvalue weighted by Gasteiger charge is 2.30. The summed E-state index contributed by atoms with van der Waals surface area (Å²) in [5.74, 6) is -1.13. The second-order valence-corrected chi connectivity index (χ2v) is 7.48. The second kappa shape index (κ2) is 8.05. The lowest BCUT2D eigenvalue weighted by molar-refractivity contribution is -0.121. The van der Waals surface area contributed by atoms with Gasteiger partial charge in [0.1, 0.15) is 12.4 Å². The van der Waals surface area contributed by atoms with Crippen LogP contribution in [0.5, 0.6) is 0 Å². The van der Waals surface area contributed by atoms with Crippen molar-refractivity contribution in [3.8, 4) is 0 Å². The Morgan fingerprint density at radius 2 is 1.78 bits per heavy atom. The first kappa shape index (κ1) is 20.8. The highest BCUT2D eigenvalue weighted by atomic mass is 32.2. The van der Waals surface area contributed by atoms with Crippen molar-refractivity contribution in [1.29, 1.82) is 0 Å². The van der Waals surface area contributed by atoms with Crippen LogP contribution in [0.15, 0.2) is 53.4 Å². The Morgan fingerprint density at radius 3 is 2.41 bits per heavy atom. The number of nitrogens with one attached hydrogen (secondary N) is 2. The van der Waals surface area contributed by atoms with Gasteiger partial charge in [0.25, 0.3) is 5.91 Å². The standard InChI is InChI=1S/C17H16F4N2O3S/c1-11(12-4-2-6-14(18)8-12)23-16(24)13-5-3-7-15(9-13)27(25,26)22-10-17(19,20)21/h2-9,11,22H,10H2,1H3,(H,23,24). The lowest BCUT2D eigenvalue weighted by Gasteiger charge is -2.15. The summed E-state index contributed by atoms with van der Waals surface area (Å²) in [5, 5.41) is 2.57. The highest BCUT2D eigenvalue weighted by molar-refractivity contribution is 7.89. The molecule has 0 spiro atoms. The maximum Gasteiger partial charge on any atom is 0.402 e. The van der Waals surface area contributed by atoms with Gasteiger partial charge in [0.2, 0.25) is 10.0 Å². The zero-order valence-electron chi connectivity index (χ0n) is 14.0. The molecule has 27 heavy (non-hydrogen) atoms. The minimum absolute atomic E-state index is 0.0619. The van der Waals surface area contributed by atoms with Crippen LogP contribution in [0.25, 0.3) is 0 Å². The molecule has 2 aromatic rings. The number of benzene rings is 2. The van der Waals surface area contributed by atoms with Crippen LogP contribution in [0, 0.1) is 5.82 Å². The van der Waals surface area contributed by atoms with Gasteiger partial charge < -0.3 is 5.32 Å². The minimum atomic E-state index is -4.71. The summed E-state index contributed by atoms with van der Waals surface area (Å²) in [6.07, 6.45) is -4.71. The topological polar surface area (TPSA) is 75.3 Å². The molecule has 2 rings (SSSR count). The molecule has 2 N–H and O–H groups in total. The molecule has 1 amide bonds. The number of hydrogen-bond donors (Lipinski definition) is 2. The van der Waals surface area contributed by atoms with Gasteiger partial charge in [0.15, 0.2) is 0 Å². The van der Waals surface area contributed by atoms with Crippen molar-refractivity contribution in [2.24, 2.45) is 0 Å². The molecule has 1 unspecified atom stereocenters. The smallest absolute Gasteiger partial charge is 0.346 e. The van der Waals surface area contributed by atoms with E-state index in [1.165, 1.54) is 35.1 Å². The molecule has 10 heteroatoms. The number of halogens is 4. The van der Waals surface area contributed by atoms with Crippen molar-refractivity contribution in [2.75, 3.05) is 6.54 Å². The maximum absolute atomic E-state index is 13.3. The van der Waals surface area contributed by atoms with E-state index >= 15 is 0 Å². The number of hydrogen-bond acceptors (Lipinski definition) is 3. The van der Waals surface area contributed by atoms with Gasteiger partial charge in [-0.25, -0.2) is 17.5 Å². The SMILES string of the molecule is CC(NC(=O)c1cccc(S(=O)(=O)NCC(F)(F)F)c1)c1cccc(F)c1. The number of amides is 1. The molecule has 0 saturated heterocycles. The van der Waals surface area contributed by atoms with Crippen LogP contribution < -0.4 is 10.0 Å². The van der Waals surface area contributed by atoms with E-state index in [-0.39, 0.29) is 5.56 Å². The number of rotatable bonds is 6. The van der Waals surface area contributed by atoms with E-state index in [0.29, 0.717) is 5.56 Å². The average molecular weight is 404 g/mol. The third-order valence-electron chi connectivity index (χ3n) is 3.57. The van der Waals surface area contributed by atoms with Crippen LogP contribution in [0.4, 0.5) is 17.6 Å². The van der Waals surface area contributed by atoms with Crippen LogP contribution in [0.3, 0.4) is 0 Å². The largest absolute Gasteiger partial charge is 0.402 e. The number of carbonyl (C=O) groups is 1. The van der Waals surface area contributed by atoms with Crippen molar-refractivity contribution in [1.82, 2.24) is 10.0 Å². The Morgan fingerprint density at radius 1 is 1.11 bits per heavy atom. The lowest BCUT2D eigenvalue weighted by Crippen LogP contribution is -2.34. The molecule has 0 saturated carbocycles. The monoisotopic (exact) mass is 404 g/mol. The zero-order valence-corrected chi connectivity index (χ0v) is 14.9. The van der Waals surface area contributed by atoms with Crippen molar-refractivity contribution < 1.29 is 30.8 Å². The van der Waals surface area contributed by atoms with Crippen molar-refractivity contribution in [3.63, 3.8) is 0 Å². The van der Waals surface area contributed by atoms with Crippen LogP contribution >= 0.6 is 0 Å². The molecule has 146 valence electrons. The van der Waals surface area contributed by atoms with Gasteiger partial charge in [0.05, 0.1) is 10.9 Å². The summed E-state index contributed by atoms with van der Waals surface area (Å²) in [5.41, 5.74) is 0.437. The summed E-state index contributed by atoms with van der Waals surface area (Å²) in [6, 6.07) is 9.60. The average Bonchev–Trinajstić information content (AvgIpc) is 2.59. The van der Waals surface area contributed by atoms with E-state index in [9.17, 15) is 30.8 Å². The van der Waals surface area contributed by atoms with Crippen molar-refractivity contribution in [3.05, 3.63) is 65.5 Å². The van der Waals surface area contributed by atoms with E-state index in [4.69, 9.17) is 0 Å². The number of carbonyl (C=O) groups excluding carboxylic acids is 1. The van der Waals surface area contributed by atoms with Gasteiger partial charge in [-0.3, -0.25) is 4.79 Å². The second-order valence-electron chi connectivity index (χ2n) is 5.72. The molecule has 0 aliphatic carbocycles. The van der Waals surface area contributed by atoms with Crippen LogP contribution in [0.2, 0.25) is 0 Å². The van der Waals surface area contributed by atoms with Crippen LogP contribution in [0.1, 0.15) is 28.9 Å². The molecular weight excluding hydrogens is 388 g/mol. The first-order valence-electron chi connectivity index (χ1n) is 7.71. The minimum Gasteiger partial charge on any atom is -0.346 e. The molecule has 2 aromatic carbocycles. The Labute approximate surface area is 153 Å². The normalized spacial score (nSPS) is 13.2. The van der Waals surface area contributed by atoms with E-state index in [1.807, 2.05) is 0 Å². The predicted octanol–water partition coefficient (Wildman–Crippen LogP) is 3.16. The van der Waals surface area contributed by atoms with Gasteiger partial charge in [-0.05, 0) is 42.8 Å². The Hall–Kier alpha value is -2.46. The zero-order chi connectivity index (χ0) is 20.2. The molecule has 0 aliphatic heterocycles. The first-order chi connectivity index (χ1) is 12.5. The fourth-order valence-corrected chi connectivity index (χ4v) is 3.26. The first-order valence-corrected chi connectivity index (χ1v) is 9.19. The fraction of sp³-hybridized carbons (Fsp3) is 0.235. The number of sulfonamides is 1. The molecule has 1 atom stereocenters. The van der Waals surface area contributed by atoms with E-state index in [2.05, 4.69) is 5.32 Å². The maximum atomic E-state index is 13.3. The van der Waals surface area contributed by atoms with Gasteiger partial charge in [-0.1, -0.05) is 18.2 Å². The quantitative estimate of drug-likeness (QED) is 0.727. The van der Waals surface area contributed by atoms with Crippen molar-refractivity contribution in [2.45, 2.75) is 24.0 Å². The van der Waals surface area contributed by atoms with Gasteiger partial charge >= 0.3 is 6.18 Å². The molecule has 0 bridgehead atoms. The van der Waals surface area contributed by atoms with E-state index in [1.54, 1.807) is 13.0 Å². The Kier molecular flexibility index (Phi) is 6.22. The molecule has 0 aromatic heterocycles. The summed E-state index contributed by atoms with van der Waals surface area (Å²) >= 11 is 0. The molecule has 0 heterocycles. The van der Waals surface area contributed by atoms with Crippen molar-refractivity contribution >= 4 is 15.9 Å². The Balaban J connectivity index is 2.15. The summed E-state index contributed by atoms with van der Waals surface area (Å²) in [6.45, 7) is -0.111. The third-order valence-corrected chi connectivity index (χ3v) is 4.96. The highest BCUT2D eigenvalue weighted by Crippen LogP contribution is 2.18. The Bertz CT molecular complexity index is 930. The molecule has 0 aliphatic rings. The van der Waals surface area contributed by atoms with E-state index < -0.39 is 45.4 Å². The third kappa shape index (κ3) is 6.04. The molecule has 5 nitrogen and oxygen atoms in total. The van der Waals surface area contributed by atoms with E-state index in [0.717, 1.165) is 12.1 Å². The van der Waals surface area contributed by atoms with Crippen LogP contribution in [-0.4, -0.2) is 27.0 Å². The van der Waals surface area contributed by atoms with Gasteiger partial charge in [-0.15, -0.1) is 0 Å².